The Bertz CT molecular complexity index is 1660. The molecule has 0 aliphatic heterocycles. The van der Waals surface area contributed by atoms with Gasteiger partial charge in [-0.25, -0.2) is 15.0 Å². The van der Waals surface area contributed by atoms with Crippen molar-refractivity contribution in [2.75, 3.05) is 0 Å². The summed E-state index contributed by atoms with van der Waals surface area (Å²) in [4.78, 5) is 14.6. The van der Waals surface area contributed by atoms with Crippen LogP contribution >= 0.6 is 0 Å². The minimum Gasteiger partial charge on any atom is -0.456 e. The van der Waals surface area contributed by atoms with E-state index >= 15 is 0 Å². The van der Waals surface area contributed by atoms with Gasteiger partial charge in [-0.3, -0.25) is 0 Å². The van der Waals surface area contributed by atoms with E-state index in [0.29, 0.717) is 11.6 Å². The molecule has 6 rings (SSSR count). The van der Waals surface area contributed by atoms with Gasteiger partial charge >= 0.3 is 0 Å². The lowest BCUT2D eigenvalue weighted by molar-refractivity contribution is 0.543. The molecule has 0 aliphatic rings. The molecule has 170 valence electrons. The molecule has 0 bridgehead atoms. The normalized spacial score (nSPS) is 11.9. The van der Waals surface area contributed by atoms with Gasteiger partial charge in [0.05, 0.1) is 0 Å². The second-order valence-corrected chi connectivity index (χ2v) is 9.81. The van der Waals surface area contributed by atoms with Crippen molar-refractivity contribution < 1.29 is 4.42 Å². The molecule has 0 radical (unpaired) electrons. The Morgan fingerprint density at radius 3 is 1.83 bits per heavy atom. The number of aromatic nitrogens is 3. The lowest BCUT2D eigenvalue weighted by Gasteiger charge is -2.18. The van der Waals surface area contributed by atoms with E-state index in [0.717, 1.165) is 44.5 Å². The van der Waals surface area contributed by atoms with Gasteiger partial charge in [0.2, 0.25) is 0 Å². The molecular formula is C31H25N3O. The van der Waals surface area contributed by atoms with Crippen LogP contribution in [-0.4, -0.2) is 15.0 Å². The van der Waals surface area contributed by atoms with Crippen LogP contribution in [0.3, 0.4) is 0 Å². The van der Waals surface area contributed by atoms with Gasteiger partial charge in [0.15, 0.2) is 11.6 Å². The molecule has 0 N–H and O–H groups in total. The molecule has 0 aliphatic carbocycles. The number of furan rings is 1. The van der Waals surface area contributed by atoms with Gasteiger partial charge in [0, 0.05) is 27.3 Å². The predicted octanol–water partition coefficient (Wildman–Crippen LogP) is 8.07. The van der Waals surface area contributed by atoms with Crippen molar-refractivity contribution >= 4 is 21.9 Å². The molecule has 0 spiro atoms. The van der Waals surface area contributed by atoms with Crippen molar-refractivity contribution in [2.24, 2.45) is 0 Å². The molecule has 4 heteroatoms. The molecule has 4 nitrogen and oxygen atoms in total. The smallest absolute Gasteiger partial charge is 0.163 e. The number of nitrogens with zero attached hydrogens (tertiary/aromatic N) is 3. The number of benzene rings is 4. The first kappa shape index (κ1) is 21.2. The van der Waals surface area contributed by atoms with Crippen molar-refractivity contribution in [3.05, 3.63) is 103 Å². The summed E-state index contributed by atoms with van der Waals surface area (Å²) in [5, 5.41) is 2.20. The van der Waals surface area contributed by atoms with Gasteiger partial charge < -0.3 is 4.42 Å². The number of fused-ring (bicyclic) bond motifs is 3. The van der Waals surface area contributed by atoms with E-state index in [4.69, 9.17) is 19.4 Å². The first-order valence-electron chi connectivity index (χ1n) is 11.8. The standard InChI is InChI=1S/C31H25N3O/c1-31(2,3)30-33-28(22-15-13-21(14-16-22)20-9-5-4-6-10-20)32-29(34-30)23-17-18-25-24-11-7-8-12-26(24)35-27(25)19-23/h4-19H,1-3H3. The van der Waals surface area contributed by atoms with Gasteiger partial charge in [-0.1, -0.05) is 99.6 Å². The molecule has 0 saturated carbocycles. The van der Waals surface area contributed by atoms with Crippen LogP contribution in [0.5, 0.6) is 0 Å². The van der Waals surface area contributed by atoms with E-state index in [1.807, 2.05) is 30.3 Å². The maximum atomic E-state index is 6.11. The number of hydrogen-bond acceptors (Lipinski definition) is 4. The average molecular weight is 456 g/mol. The average Bonchev–Trinajstić information content (AvgIpc) is 3.26. The first-order chi connectivity index (χ1) is 17.0. The molecule has 0 unspecified atom stereocenters. The van der Waals surface area contributed by atoms with Crippen LogP contribution < -0.4 is 0 Å². The first-order valence-corrected chi connectivity index (χ1v) is 11.8. The van der Waals surface area contributed by atoms with E-state index < -0.39 is 0 Å². The molecule has 6 aromatic rings. The summed E-state index contributed by atoms with van der Waals surface area (Å²) in [7, 11) is 0. The Morgan fingerprint density at radius 2 is 1.09 bits per heavy atom. The monoisotopic (exact) mass is 455 g/mol. The summed E-state index contributed by atoms with van der Waals surface area (Å²) in [5.41, 5.74) is 5.70. The molecular weight excluding hydrogens is 430 g/mol. The fraction of sp³-hybridized carbons (Fsp3) is 0.129. The zero-order valence-corrected chi connectivity index (χ0v) is 20.0. The van der Waals surface area contributed by atoms with Gasteiger partial charge in [-0.2, -0.15) is 0 Å². The molecule has 2 aromatic heterocycles. The maximum Gasteiger partial charge on any atom is 0.163 e. The summed E-state index contributed by atoms with van der Waals surface area (Å²) >= 11 is 0. The summed E-state index contributed by atoms with van der Waals surface area (Å²) in [6.07, 6.45) is 0. The number of hydrogen-bond donors (Lipinski definition) is 0. The van der Waals surface area contributed by atoms with Crippen molar-refractivity contribution in [1.29, 1.82) is 0 Å². The van der Waals surface area contributed by atoms with Crippen LogP contribution in [0.4, 0.5) is 0 Å². The summed E-state index contributed by atoms with van der Waals surface area (Å²) < 4.78 is 6.11. The summed E-state index contributed by atoms with van der Waals surface area (Å²) in [5.74, 6) is 2.08. The van der Waals surface area contributed by atoms with E-state index in [1.165, 1.54) is 5.56 Å². The van der Waals surface area contributed by atoms with Crippen molar-refractivity contribution in [3.8, 4) is 33.9 Å². The molecule has 0 atom stereocenters. The fourth-order valence-electron chi connectivity index (χ4n) is 4.28. The lowest BCUT2D eigenvalue weighted by atomic mass is 9.95. The third kappa shape index (κ3) is 3.97. The zero-order valence-electron chi connectivity index (χ0n) is 20.0. The van der Waals surface area contributed by atoms with Crippen LogP contribution in [0.25, 0.3) is 55.8 Å². The van der Waals surface area contributed by atoms with Gasteiger partial charge in [0.25, 0.3) is 0 Å². The molecule has 35 heavy (non-hydrogen) atoms. The number of para-hydroxylation sites is 1. The van der Waals surface area contributed by atoms with Crippen LogP contribution in [-0.2, 0) is 5.41 Å². The Labute approximate surface area is 204 Å². The molecule has 0 amide bonds. The topological polar surface area (TPSA) is 51.8 Å². The third-order valence-electron chi connectivity index (χ3n) is 6.19. The highest BCUT2D eigenvalue weighted by Crippen LogP contribution is 2.32. The maximum absolute atomic E-state index is 6.11. The Hall–Kier alpha value is -4.31. The third-order valence-corrected chi connectivity index (χ3v) is 6.19. The minimum absolute atomic E-state index is 0.222. The van der Waals surface area contributed by atoms with Crippen LogP contribution in [0.15, 0.2) is 101 Å². The SMILES string of the molecule is CC(C)(C)c1nc(-c2ccc(-c3ccccc3)cc2)nc(-c2ccc3c(c2)oc2ccccc23)n1. The van der Waals surface area contributed by atoms with Gasteiger partial charge in [-0.05, 0) is 29.3 Å². The van der Waals surface area contributed by atoms with E-state index in [1.54, 1.807) is 0 Å². The second kappa shape index (κ2) is 8.17. The molecule has 0 saturated heterocycles. The largest absolute Gasteiger partial charge is 0.456 e. The van der Waals surface area contributed by atoms with E-state index in [-0.39, 0.29) is 5.41 Å². The second-order valence-electron chi connectivity index (χ2n) is 9.81. The quantitative estimate of drug-likeness (QED) is 0.271. The van der Waals surface area contributed by atoms with E-state index in [9.17, 15) is 0 Å². The zero-order chi connectivity index (χ0) is 24.0. The molecule has 4 aromatic carbocycles. The molecule has 0 fully saturated rings. The van der Waals surface area contributed by atoms with Gasteiger partial charge in [-0.15, -0.1) is 0 Å². The Kier molecular flexibility index (Phi) is 4.96. The lowest BCUT2D eigenvalue weighted by Crippen LogP contribution is -2.18. The van der Waals surface area contributed by atoms with E-state index in [2.05, 4.69) is 87.5 Å². The Morgan fingerprint density at radius 1 is 0.514 bits per heavy atom. The van der Waals surface area contributed by atoms with Crippen LogP contribution in [0.1, 0.15) is 26.6 Å². The van der Waals surface area contributed by atoms with Crippen LogP contribution in [0.2, 0.25) is 0 Å². The molecule has 2 heterocycles. The fourth-order valence-corrected chi connectivity index (χ4v) is 4.28. The highest BCUT2D eigenvalue weighted by atomic mass is 16.3. The number of rotatable bonds is 3. The van der Waals surface area contributed by atoms with Crippen molar-refractivity contribution in [1.82, 2.24) is 15.0 Å². The highest BCUT2D eigenvalue weighted by molar-refractivity contribution is 6.05. The highest BCUT2D eigenvalue weighted by Gasteiger charge is 2.21. The Balaban J connectivity index is 1.46. The van der Waals surface area contributed by atoms with Crippen LogP contribution in [0, 0.1) is 0 Å². The minimum atomic E-state index is -0.222. The van der Waals surface area contributed by atoms with Gasteiger partial charge in [0.1, 0.15) is 17.0 Å². The predicted molar refractivity (Wildman–Crippen MR) is 142 cm³/mol. The van der Waals surface area contributed by atoms with Crippen molar-refractivity contribution in [2.45, 2.75) is 26.2 Å². The summed E-state index contributed by atoms with van der Waals surface area (Å²) in [6, 6.07) is 33.0. The summed E-state index contributed by atoms with van der Waals surface area (Å²) in [6.45, 7) is 6.37. The van der Waals surface area contributed by atoms with Crippen molar-refractivity contribution in [3.63, 3.8) is 0 Å².